The summed E-state index contributed by atoms with van der Waals surface area (Å²) in [5.41, 5.74) is 1.59. The van der Waals surface area contributed by atoms with E-state index in [2.05, 4.69) is 19.1 Å². The minimum atomic E-state index is -4.27. The van der Waals surface area contributed by atoms with Gasteiger partial charge in [0.1, 0.15) is 11.5 Å². The van der Waals surface area contributed by atoms with E-state index >= 15 is 0 Å². The van der Waals surface area contributed by atoms with E-state index in [1.165, 1.54) is 11.8 Å². The topological polar surface area (TPSA) is 65.0 Å². The van der Waals surface area contributed by atoms with Crippen LogP contribution in [-0.2, 0) is 13.6 Å². The third-order valence-corrected chi connectivity index (χ3v) is 6.67. The first-order valence-electron chi connectivity index (χ1n) is 10.0. The molecular formula is C23H27O5PS. The fourth-order valence-corrected chi connectivity index (χ4v) is 5.01. The molecule has 1 aliphatic heterocycles. The molecule has 0 saturated carbocycles. The number of ether oxygens (including phenoxy) is 1. The Kier molecular flexibility index (Phi) is 8.23. The van der Waals surface area contributed by atoms with Gasteiger partial charge in [-0.15, -0.1) is 0 Å². The van der Waals surface area contributed by atoms with Gasteiger partial charge in [-0.3, -0.25) is 9.42 Å². The fraction of sp³-hybridized carbons (Fsp3) is 0.304. The molecule has 0 aromatic heterocycles. The van der Waals surface area contributed by atoms with Gasteiger partial charge in [-0.2, -0.15) is 0 Å². The highest BCUT2D eigenvalue weighted by Gasteiger charge is 2.28. The lowest BCUT2D eigenvalue weighted by atomic mass is 10.1. The molecule has 2 aromatic rings. The summed E-state index contributed by atoms with van der Waals surface area (Å²) in [6.07, 6.45) is 9.52. The molecule has 3 rings (SSSR count). The number of phosphoric ester groups is 1. The Morgan fingerprint density at radius 3 is 2.73 bits per heavy atom. The van der Waals surface area contributed by atoms with Crippen molar-refractivity contribution in [2.24, 2.45) is 0 Å². The van der Waals surface area contributed by atoms with Crippen LogP contribution in [0.4, 0.5) is 0 Å². The zero-order chi connectivity index (χ0) is 21.4. The molecule has 0 fully saturated rings. The number of allylic oxidation sites excluding steroid dienone is 2. The second kappa shape index (κ2) is 10.9. The molecule has 1 aliphatic rings. The van der Waals surface area contributed by atoms with Crippen LogP contribution >= 0.6 is 19.6 Å². The Hall–Kier alpha value is -1.98. The summed E-state index contributed by atoms with van der Waals surface area (Å²) < 4.78 is 28.9. The van der Waals surface area contributed by atoms with Gasteiger partial charge in [0.15, 0.2) is 0 Å². The molecule has 1 N–H and O–H groups in total. The van der Waals surface area contributed by atoms with Gasteiger partial charge in [-0.05, 0) is 55.5 Å². The zero-order valence-electron chi connectivity index (χ0n) is 17.2. The Bertz CT molecular complexity index is 970. The van der Waals surface area contributed by atoms with Crippen molar-refractivity contribution in [3.63, 3.8) is 0 Å². The second-order valence-electron chi connectivity index (χ2n) is 6.75. The highest BCUT2D eigenvalue weighted by Crippen LogP contribution is 2.52. The standard InChI is InChI=1S/C23H27O5PS/c1-3-4-5-6-7-10-16-27-29(24,25)28-21-17-18-12-8-9-15-22(18)30-23-19(21)13-11-14-20(23)26-2/h4-5,8-9,11-15,17H,3,6-7,10,16H2,1-2H3,(H,24,25)/b5-4-. The maximum Gasteiger partial charge on any atom is 0.527 e. The monoisotopic (exact) mass is 446 g/mol. The van der Waals surface area contributed by atoms with E-state index in [-0.39, 0.29) is 12.4 Å². The van der Waals surface area contributed by atoms with Crippen molar-refractivity contribution in [1.29, 1.82) is 0 Å². The number of hydrogen-bond acceptors (Lipinski definition) is 5. The molecule has 2 aromatic carbocycles. The van der Waals surface area contributed by atoms with Crippen molar-refractivity contribution in [2.75, 3.05) is 13.7 Å². The molecule has 0 aliphatic carbocycles. The molecule has 160 valence electrons. The van der Waals surface area contributed by atoms with Gasteiger partial charge in [-0.1, -0.05) is 55.1 Å². The Labute approximate surface area is 182 Å². The van der Waals surface area contributed by atoms with E-state index in [9.17, 15) is 9.46 Å². The van der Waals surface area contributed by atoms with Gasteiger partial charge in [0.25, 0.3) is 0 Å². The first-order valence-corrected chi connectivity index (χ1v) is 12.3. The molecule has 1 atom stereocenters. The van der Waals surface area contributed by atoms with Crippen molar-refractivity contribution >= 4 is 31.4 Å². The normalized spacial score (nSPS) is 15.0. The smallest absolute Gasteiger partial charge is 0.496 e. The Morgan fingerprint density at radius 2 is 1.93 bits per heavy atom. The zero-order valence-corrected chi connectivity index (χ0v) is 19.0. The van der Waals surface area contributed by atoms with E-state index in [1.807, 2.05) is 42.5 Å². The largest absolute Gasteiger partial charge is 0.527 e. The number of unbranched alkanes of at least 4 members (excludes halogenated alkanes) is 2. The average Bonchev–Trinajstić information content (AvgIpc) is 2.89. The van der Waals surface area contributed by atoms with Crippen molar-refractivity contribution < 1.29 is 23.2 Å². The molecule has 0 spiro atoms. The Morgan fingerprint density at radius 1 is 1.10 bits per heavy atom. The highest BCUT2D eigenvalue weighted by molar-refractivity contribution is 7.99. The van der Waals surface area contributed by atoms with Crippen molar-refractivity contribution in [3.8, 4) is 5.75 Å². The average molecular weight is 447 g/mol. The highest BCUT2D eigenvalue weighted by atomic mass is 32.2. The van der Waals surface area contributed by atoms with E-state index in [1.54, 1.807) is 13.2 Å². The molecular weight excluding hydrogens is 419 g/mol. The van der Waals surface area contributed by atoms with Crippen LogP contribution in [0.2, 0.25) is 0 Å². The minimum absolute atomic E-state index is 0.164. The number of phosphoric acid groups is 1. The quantitative estimate of drug-likeness (QED) is 0.243. The number of methoxy groups -OCH3 is 1. The first-order chi connectivity index (χ1) is 14.5. The lowest BCUT2D eigenvalue weighted by Gasteiger charge is -2.17. The van der Waals surface area contributed by atoms with Crippen LogP contribution in [0.3, 0.4) is 0 Å². The summed E-state index contributed by atoms with van der Waals surface area (Å²) in [7, 11) is -2.66. The van der Waals surface area contributed by atoms with Gasteiger partial charge < -0.3 is 9.26 Å². The fourth-order valence-electron chi connectivity index (χ4n) is 3.05. The molecule has 30 heavy (non-hydrogen) atoms. The van der Waals surface area contributed by atoms with Gasteiger partial charge in [0.05, 0.1) is 18.6 Å². The number of benzene rings is 2. The Balaban J connectivity index is 1.78. The summed E-state index contributed by atoms with van der Waals surface area (Å²) in [6, 6.07) is 13.4. The first kappa shape index (κ1) is 22.7. The van der Waals surface area contributed by atoms with Crippen LogP contribution in [0, 0.1) is 0 Å². The summed E-state index contributed by atoms with van der Waals surface area (Å²) >= 11 is 1.54. The van der Waals surface area contributed by atoms with E-state index in [0.717, 1.165) is 34.6 Å². The van der Waals surface area contributed by atoms with E-state index in [4.69, 9.17) is 13.8 Å². The molecule has 0 radical (unpaired) electrons. The molecule has 1 heterocycles. The molecule has 1 unspecified atom stereocenters. The maximum atomic E-state index is 12.6. The molecule has 7 heteroatoms. The van der Waals surface area contributed by atoms with Crippen LogP contribution in [0.1, 0.15) is 43.7 Å². The number of fused-ring (bicyclic) bond motifs is 2. The molecule has 0 amide bonds. The summed E-state index contributed by atoms with van der Waals surface area (Å²) in [6.45, 7) is 2.25. The van der Waals surface area contributed by atoms with Crippen LogP contribution in [0.25, 0.3) is 11.8 Å². The van der Waals surface area contributed by atoms with Crippen molar-refractivity contribution in [2.45, 2.75) is 42.4 Å². The van der Waals surface area contributed by atoms with Crippen molar-refractivity contribution in [3.05, 3.63) is 65.7 Å². The predicted octanol–water partition coefficient (Wildman–Crippen LogP) is 6.93. The van der Waals surface area contributed by atoms with Gasteiger partial charge in [0, 0.05) is 10.5 Å². The summed E-state index contributed by atoms with van der Waals surface area (Å²) in [4.78, 5) is 12.2. The van der Waals surface area contributed by atoms with Crippen LogP contribution in [0.5, 0.6) is 5.75 Å². The van der Waals surface area contributed by atoms with E-state index < -0.39 is 7.82 Å². The van der Waals surface area contributed by atoms with Gasteiger partial charge in [0.2, 0.25) is 0 Å². The second-order valence-corrected chi connectivity index (χ2v) is 9.18. The molecule has 0 bridgehead atoms. The predicted molar refractivity (Wildman–Crippen MR) is 122 cm³/mol. The minimum Gasteiger partial charge on any atom is -0.496 e. The third-order valence-electron chi connectivity index (χ3n) is 4.52. The van der Waals surface area contributed by atoms with Gasteiger partial charge >= 0.3 is 7.82 Å². The third kappa shape index (κ3) is 6.02. The van der Waals surface area contributed by atoms with Crippen LogP contribution in [-0.4, -0.2) is 18.6 Å². The number of hydrogen-bond donors (Lipinski definition) is 1. The molecule has 0 saturated heterocycles. The summed E-state index contributed by atoms with van der Waals surface area (Å²) in [5, 5.41) is 0. The lowest BCUT2D eigenvalue weighted by molar-refractivity contribution is 0.191. The van der Waals surface area contributed by atoms with Crippen LogP contribution in [0.15, 0.2) is 64.4 Å². The van der Waals surface area contributed by atoms with Crippen LogP contribution < -0.4 is 4.74 Å². The number of rotatable bonds is 10. The van der Waals surface area contributed by atoms with Crippen molar-refractivity contribution in [1.82, 2.24) is 0 Å². The van der Waals surface area contributed by atoms with Gasteiger partial charge in [-0.25, -0.2) is 4.57 Å². The SMILES string of the molecule is CC/C=C\CCCCOP(=O)(O)OC1=Cc2ccccc2Sc2c(OC)cccc21. The summed E-state index contributed by atoms with van der Waals surface area (Å²) in [5.74, 6) is 0.968. The van der Waals surface area contributed by atoms with E-state index in [0.29, 0.717) is 17.7 Å². The maximum absolute atomic E-state index is 12.6. The lowest BCUT2D eigenvalue weighted by Crippen LogP contribution is -1.99. The molecule has 5 nitrogen and oxygen atoms in total.